The smallest absolute Gasteiger partial charge is 0.387 e. The van der Waals surface area contributed by atoms with E-state index in [2.05, 4.69) is 20.3 Å². The third-order valence-electron chi connectivity index (χ3n) is 5.67. The summed E-state index contributed by atoms with van der Waals surface area (Å²) < 4.78 is 32.4. The van der Waals surface area contributed by atoms with Crippen molar-refractivity contribution < 1.29 is 18.6 Å². The molecule has 0 saturated heterocycles. The number of nitrogens with zero attached hydrogens (tertiary/aromatic N) is 4. The molecule has 2 aromatic carbocycles. The molecule has 10 heteroatoms. The second kappa shape index (κ2) is 11.5. The Bertz CT molecular complexity index is 1270. The first-order chi connectivity index (χ1) is 17.0. The summed E-state index contributed by atoms with van der Waals surface area (Å²) in [5, 5.41) is 12.7. The number of fused-ring (bicyclic) bond motifs is 1. The molecule has 0 spiro atoms. The lowest BCUT2D eigenvalue weighted by atomic mass is 10.1. The van der Waals surface area contributed by atoms with Crippen LogP contribution in [-0.4, -0.2) is 55.9 Å². The molecule has 0 bridgehead atoms. The van der Waals surface area contributed by atoms with Crippen LogP contribution in [0.5, 0.6) is 5.75 Å². The maximum absolute atomic E-state index is 12.9. The van der Waals surface area contributed by atoms with Crippen molar-refractivity contribution in [3.63, 3.8) is 0 Å². The van der Waals surface area contributed by atoms with Gasteiger partial charge in [0.05, 0.1) is 30.2 Å². The predicted molar refractivity (Wildman–Crippen MR) is 135 cm³/mol. The van der Waals surface area contributed by atoms with Gasteiger partial charge in [-0.2, -0.15) is 20.5 Å². The quantitative estimate of drug-likeness (QED) is 0.301. The lowest BCUT2D eigenvalue weighted by Gasteiger charge is -2.15. The van der Waals surface area contributed by atoms with Gasteiger partial charge in [-0.15, -0.1) is 0 Å². The standard InChI is InChI=1S/C25H27F2N5O2S/c1-16-30-21-8-7-17(19-12-28-25(29-13-19)31-20(15-33)9-10-35-2)11-22(21)32(16)14-18-5-3-4-6-23(18)34-24(26)27/h3-8,11-13,20,24,33H,9-10,14-15H2,1-2H3,(H,28,29,31)/t20-/m0/s1. The number of nitrogens with one attached hydrogen (secondary N) is 1. The van der Waals surface area contributed by atoms with Crippen molar-refractivity contribution >= 4 is 28.7 Å². The van der Waals surface area contributed by atoms with Crippen LogP contribution < -0.4 is 10.1 Å². The molecule has 0 radical (unpaired) electrons. The zero-order valence-corrected chi connectivity index (χ0v) is 20.3. The van der Waals surface area contributed by atoms with Gasteiger partial charge in [0.15, 0.2) is 0 Å². The highest BCUT2D eigenvalue weighted by molar-refractivity contribution is 7.98. The summed E-state index contributed by atoms with van der Waals surface area (Å²) in [6, 6.07) is 12.5. The molecule has 0 fully saturated rings. The number of hydrogen-bond donors (Lipinski definition) is 2. The fourth-order valence-electron chi connectivity index (χ4n) is 3.84. The highest BCUT2D eigenvalue weighted by atomic mass is 32.2. The highest BCUT2D eigenvalue weighted by Crippen LogP contribution is 2.28. The van der Waals surface area contributed by atoms with Gasteiger partial charge >= 0.3 is 6.61 Å². The van der Waals surface area contributed by atoms with Gasteiger partial charge in [0.25, 0.3) is 0 Å². The van der Waals surface area contributed by atoms with Gasteiger partial charge < -0.3 is 19.7 Å². The maximum Gasteiger partial charge on any atom is 0.387 e. The van der Waals surface area contributed by atoms with Crippen LogP contribution in [0.4, 0.5) is 14.7 Å². The molecule has 2 N–H and O–H groups in total. The number of alkyl halides is 2. The maximum atomic E-state index is 12.9. The zero-order valence-electron chi connectivity index (χ0n) is 19.5. The highest BCUT2D eigenvalue weighted by Gasteiger charge is 2.14. The van der Waals surface area contributed by atoms with Crippen LogP contribution in [-0.2, 0) is 6.54 Å². The normalized spacial score (nSPS) is 12.3. The Balaban J connectivity index is 1.59. The molecule has 0 aliphatic heterocycles. The first kappa shape index (κ1) is 24.9. The number of benzene rings is 2. The third-order valence-corrected chi connectivity index (χ3v) is 6.31. The number of hydrogen-bond acceptors (Lipinski definition) is 7. The summed E-state index contributed by atoms with van der Waals surface area (Å²) in [6.07, 6.45) is 6.31. The van der Waals surface area contributed by atoms with Crippen LogP contribution in [0.2, 0.25) is 0 Å². The Morgan fingerprint density at radius 3 is 2.60 bits per heavy atom. The molecule has 1 atom stereocenters. The van der Waals surface area contributed by atoms with Gasteiger partial charge in [0.2, 0.25) is 5.95 Å². The zero-order chi connectivity index (χ0) is 24.8. The van der Waals surface area contributed by atoms with Crippen molar-refractivity contribution in [3.8, 4) is 16.9 Å². The van der Waals surface area contributed by atoms with E-state index in [1.54, 1.807) is 42.4 Å². The Morgan fingerprint density at radius 2 is 1.89 bits per heavy atom. The Hall–Kier alpha value is -3.24. The average molecular weight is 500 g/mol. The summed E-state index contributed by atoms with van der Waals surface area (Å²) in [7, 11) is 0. The number of thioether (sulfide) groups is 1. The minimum absolute atomic E-state index is 0.0111. The largest absolute Gasteiger partial charge is 0.434 e. The lowest BCUT2D eigenvalue weighted by Crippen LogP contribution is -2.25. The van der Waals surface area contributed by atoms with Crippen LogP contribution in [0.3, 0.4) is 0 Å². The summed E-state index contributed by atoms with van der Waals surface area (Å²) in [5.74, 6) is 2.31. The second-order valence-corrected chi connectivity index (χ2v) is 9.02. The topological polar surface area (TPSA) is 85.1 Å². The summed E-state index contributed by atoms with van der Waals surface area (Å²) in [6.45, 7) is -0.655. The van der Waals surface area contributed by atoms with Crippen molar-refractivity contribution in [2.24, 2.45) is 0 Å². The lowest BCUT2D eigenvalue weighted by molar-refractivity contribution is -0.0504. The van der Waals surface area contributed by atoms with E-state index >= 15 is 0 Å². The summed E-state index contributed by atoms with van der Waals surface area (Å²) >= 11 is 1.72. The minimum Gasteiger partial charge on any atom is -0.434 e. The molecule has 0 aliphatic rings. The van der Waals surface area contributed by atoms with Crippen molar-refractivity contribution in [2.45, 2.75) is 32.5 Å². The minimum atomic E-state index is -2.89. The first-order valence-corrected chi connectivity index (χ1v) is 12.6. The number of aromatic nitrogens is 4. The summed E-state index contributed by atoms with van der Waals surface area (Å²) in [4.78, 5) is 13.5. The number of imidazole rings is 1. The molecule has 4 aromatic rings. The van der Waals surface area contributed by atoms with Gasteiger partial charge in [0.1, 0.15) is 11.6 Å². The third kappa shape index (κ3) is 6.07. The molecule has 0 aliphatic carbocycles. The molecule has 35 heavy (non-hydrogen) atoms. The van der Waals surface area contributed by atoms with E-state index in [-0.39, 0.29) is 18.4 Å². The molecule has 7 nitrogen and oxygen atoms in total. The Labute approximate surface area is 206 Å². The molecular formula is C25H27F2N5O2S. The van der Waals surface area contributed by atoms with Crippen LogP contribution in [0.15, 0.2) is 54.9 Å². The van der Waals surface area contributed by atoms with E-state index in [0.717, 1.165) is 40.2 Å². The van der Waals surface area contributed by atoms with Gasteiger partial charge in [-0.05, 0) is 49.1 Å². The van der Waals surface area contributed by atoms with Crippen LogP contribution in [0.1, 0.15) is 17.8 Å². The molecule has 2 heterocycles. The average Bonchev–Trinajstić information content (AvgIpc) is 3.17. The number of anilines is 1. The van der Waals surface area contributed by atoms with Crippen molar-refractivity contribution in [1.29, 1.82) is 0 Å². The molecule has 184 valence electrons. The monoisotopic (exact) mass is 499 g/mol. The predicted octanol–water partition coefficient (Wildman–Crippen LogP) is 4.98. The van der Waals surface area contributed by atoms with Gasteiger partial charge in [0, 0.05) is 23.5 Å². The molecule has 0 amide bonds. The van der Waals surface area contributed by atoms with E-state index in [1.165, 1.54) is 6.07 Å². The fraction of sp³-hybridized carbons (Fsp3) is 0.320. The van der Waals surface area contributed by atoms with E-state index in [0.29, 0.717) is 18.1 Å². The Morgan fingerprint density at radius 1 is 1.11 bits per heavy atom. The van der Waals surface area contributed by atoms with Crippen molar-refractivity contribution in [1.82, 2.24) is 19.5 Å². The SMILES string of the molecule is CSCC[C@@H](CO)Nc1ncc(-c2ccc3nc(C)n(Cc4ccccc4OC(F)F)c3c2)cn1. The molecule has 0 unspecified atom stereocenters. The van der Waals surface area contributed by atoms with Gasteiger partial charge in [-0.3, -0.25) is 0 Å². The number of aliphatic hydroxyl groups is 1. The van der Waals surface area contributed by atoms with Gasteiger partial charge in [-0.1, -0.05) is 24.3 Å². The van der Waals surface area contributed by atoms with Gasteiger partial charge in [-0.25, -0.2) is 15.0 Å². The van der Waals surface area contributed by atoms with E-state index in [4.69, 9.17) is 4.74 Å². The number of rotatable bonds is 11. The number of aliphatic hydroxyl groups excluding tert-OH is 1. The van der Waals surface area contributed by atoms with E-state index in [1.807, 2.05) is 35.9 Å². The first-order valence-electron chi connectivity index (χ1n) is 11.2. The fourth-order valence-corrected chi connectivity index (χ4v) is 4.36. The molecule has 0 saturated carbocycles. The molecule has 2 aromatic heterocycles. The number of aryl methyl sites for hydroxylation is 1. The van der Waals surface area contributed by atoms with E-state index < -0.39 is 6.61 Å². The van der Waals surface area contributed by atoms with Crippen LogP contribution >= 0.6 is 11.8 Å². The number of halogens is 2. The Kier molecular flexibility index (Phi) is 8.14. The van der Waals surface area contributed by atoms with Crippen LogP contribution in [0, 0.1) is 6.92 Å². The van der Waals surface area contributed by atoms with Crippen molar-refractivity contribution in [3.05, 3.63) is 66.2 Å². The second-order valence-electron chi connectivity index (χ2n) is 8.04. The molecule has 4 rings (SSSR count). The van der Waals surface area contributed by atoms with Crippen molar-refractivity contribution in [2.75, 3.05) is 23.9 Å². The number of para-hydroxylation sites is 1. The molecular weight excluding hydrogens is 472 g/mol. The number of ether oxygens (including phenoxy) is 1. The summed E-state index contributed by atoms with van der Waals surface area (Å²) in [5.41, 5.74) is 4.04. The van der Waals surface area contributed by atoms with Crippen LogP contribution in [0.25, 0.3) is 22.2 Å². The van der Waals surface area contributed by atoms with E-state index in [9.17, 15) is 13.9 Å².